The fraction of sp³-hybridized carbons (Fsp3) is 0.471. The molecule has 10 heteroatoms. The van der Waals surface area contributed by atoms with Gasteiger partial charge in [-0.1, -0.05) is 0 Å². The minimum atomic E-state index is -1.64. The molecule has 0 aliphatic carbocycles. The molecule has 0 amide bonds. The van der Waals surface area contributed by atoms with Gasteiger partial charge in [0.15, 0.2) is 16.9 Å². The van der Waals surface area contributed by atoms with E-state index in [4.69, 9.17) is 23.4 Å². The van der Waals surface area contributed by atoms with Crippen LogP contribution in [0.25, 0.3) is 11.0 Å². The van der Waals surface area contributed by atoms with Crippen LogP contribution in [0.3, 0.4) is 0 Å². The Bertz CT molecular complexity index is 861. The van der Waals surface area contributed by atoms with Gasteiger partial charge in [-0.15, -0.1) is 0 Å². The Morgan fingerprint density at radius 1 is 1.07 bits per heavy atom. The maximum Gasteiger partial charge on any atom is 0.229 e. The molecule has 10 nitrogen and oxygen atoms in total. The van der Waals surface area contributed by atoms with E-state index in [0.717, 1.165) is 0 Å². The average Bonchev–Trinajstić information content (AvgIpc) is 2.68. The Morgan fingerprint density at radius 3 is 2.44 bits per heavy atom. The van der Waals surface area contributed by atoms with Gasteiger partial charge in [0.25, 0.3) is 0 Å². The predicted octanol–water partition coefficient (Wildman–Crippen LogP) is -1.01. The van der Waals surface area contributed by atoms with E-state index in [1.165, 1.54) is 32.6 Å². The van der Waals surface area contributed by atoms with Crippen LogP contribution in [-0.2, 0) is 4.74 Å². The topological polar surface area (TPSA) is 148 Å². The van der Waals surface area contributed by atoms with Gasteiger partial charge < -0.3 is 43.8 Å². The number of hydrogen-bond acceptors (Lipinski definition) is 10. The van der Waals surface area contributed by atoms with Crippen LogP contribution in [0.2, 0.25) is 0 Å². The number of fused-ring (bicyclic) bond motifs is 1. The zero-order valence-electron chi connectivity index (χ0n) is 14.6. The van der Waals surface area contributed by atoms with Gasteiger partial charge >= 0.3 is 0 Å². The fourth-order valence-electron chi connectivity index (χ4n) is 2.91. The van der Waals surface area contributed by atoms with Crippen molar-refractivity contribution in [1.29, 1.82) is 0 Å². The molecule has 0 bridgehead atoms. The van der Waals surface area contributed by atoms with Crippen molar-refractivity contribution in [2.75, 3.05) is 20.8 Å². The molecule has 2 aromatic rings. The molecule has 1 aromatic carbocycles. The number of methoxy groups -OCH3 is 2. The SMILES string of the molecule is COc1cc2occc(=O)c2c(OC)c1O[C@H]1O[C@@H](CO)[C@@H](O)[C@H](O)[C@H]1O. The molecule has 1 fully saturated rings. The van der Waals surface area contributed by atoms with Gasteiger partial charge in [-0.05, 0) is 0 Å². The quantitative estimate of drug-likeness (QED) is 0.505. The molecule has 3 rings (SSSR count). The molecule has 2 heterocycles. The zero-order valence-corrected chi connectivity index (χ0v) is 14.6. The smallest absolute Gasteiger partial charge is 0.229 e. The van der Waals surface area contributed by atoms with Gasteiger partial charge in [-0.2, -0.15) is 0 Å². The lowest BCUT2D eigenvalue weighted by Gasteiger charge is -2.39. The molecule has 27 heavy (non-hydrogen) atoms. The summed E-state index contributed by atoms with van der Waals surface area (Å²) < 4.78 is 26.8. The fourth-order valence-corrected chi connectivity index (χ4v) is 2.91. The largest absolute Gasteiger partial charge is 0.493 e. The van der Waals surface area contributed by atoms with Crippen molar-refractivity contribution in [3.05, 3.63) is 28.6 Å². The first kappa shape index (κ1) is 19.4. The van der Waals surface area contributed by atoms with E-state index >= 15 is 0 Å². The maximum absolute atomic E-state index is 12.2. The van der Waals surface area contributed by atoms with E-state index in [1.54, 1.807) is 0 Å². The summed E-state index contributed by atoms with van der Waals surface area (Å²) in [6.07, 6.45) is -6.20. The molecule has 0 radical (unpaired) electrons. The first-order valence-corrected chi connectivity index (χ1v) is 8.06. The van der Waals surface area contributed by atoms with Crippen LogP contribution in [0.4, 0.5) is 0 Å². The molecular formula is C17H20O10. The molecule has 1 saturated heterocycles. The number of benzene rings is 1. The van der Waals surface area contributed by atoms with Gasteiger partial charge in [0, 0.05) is 12.1 Å². The van der Waals surface area contributed by atoms with E-state index < -0.39 is 42.7 Å². The van der Waals surface area contributed by atoms with Crippen molar-refractivity contribution in [2.45, 2.75) is 30.7 Å². The van der Waals surface area contributed by atoms with Gasteiger partial charge in [0.05, 0.1) is 27.1 Å². The number of hydrogen-bond donors (Lipinski definition) is 4. The summed E-state index contributed by atoms with van der Waals surface area (Å²) in [5.41, 5.74) is -0.202. The summed E-state index contributed by atoms with van der Waals surface area (Å²) in [6.45, 7) is -0.611. The maximum atomic E-state index is 12.2. The van der Waals surface area contributed by atoms with Gasteiger partial charge in [-0.3, -0.25) is 4.79 Å². The van der Waals surface area contributed by atoms with Crippen LogP contribution < -0.4 is 19.6 Å². The average molecular weight is 384 g/mol. The third kappa shape index (κ3) is 3.33. The Labute approximate surface area is 153 Å². The second-order valence-corrected chi connectivity index (χ2v) is 5.91. The predicted molar refractivity (Wildman–Crippen MR) is 90.0 cm³/mol. The second kappa shape index (κ2) is 7.71. The summed E-state index contributed by atoms with van der Waals surface area (Å²) in [7, 11) is 2.66. The first-order chi connectivity index (χ1) is 12.9. The molecule has 5 atom stereocenters. The summed E-state index contributed by atoms with van der Waals surface area (Å²) in [5.74, 6) is 0.0247. The zero-order chi connectivity index (χ0) is 19.7. The Hall–Kier alpha value is -2.37. The molecule has 148 valence electrons. The molecule has 0 spiro atoms. The monoisotopic (exact) mass is 384 g/mol. The highest BCUT2D eigenvalue weighted by Crippen LogP contribution is 2.43. The van der Waals surface area contributed by atoms with Crippen LogP contribution in [0.1, 0.15) is 0 Å². The molecule has 1 aromatic heterocycles. The van der Waals surface area contributed by atoms with Gasteiger partial charge in [-0.25, -0.2) is 0 Å². The molecule has 1 aliphatic rings. The molecule has 4 N–H and O–H groups in total. The molecule has 0 unspecified atom stereocenters. The normalized spacial score (nSPS) is 28.1. The highest BCUT2D eigenvalue weighted by molar-refractivity contribution is 5.88. The Balaban J connectivity index is 2.08. The van der Waals surface area contributed by atoms with Crippen LogP contribution >= 0.6 is 0 Å². The lowest BCUT2D eigenvalue weighted by atomic mass is 9.99. The highest BCUT2D eigenvalue weighted by Gasteiger charge is 2.45. The van der Waals surface area contributed by atoms with E-state index in [2.05, 4.69) is 0 Å². The minimum absolute atomic E-state index is 0.0179. The van der Waals surface area contributed by atoms with E-state index in [-0.39, 0.29) is 28.2 Å². The first-order valence-electron chi connectivity index (χ1n) is 8.06. The third-order valence-corrected chi connectivity index (χ3v) is 4.33. The molecular weight excluding hydrogens is 364 g/mol. The second-order valence-electron chi connectivity index (χ2n) is 5.91. The standard InChI is InChI=1S/C17H20O10/c1-23-9-5-8-11(7(19)3-4-25-8)16(24-2)15(9)27-17-14(22)13(21)12(20)10(6-18)26-17/h3-5,10,12-14,17-18,20-22H,6H2,1-2H3/t10-,12+,13-,14+,17+/m0/s1. The van der Waals surface area contributed by atoms with Crippen molar-refractivity contribution in [3.63, 3.8) is 0 Å². The van der Waals surface area contributed by atoms with Crippen LogP contribution in [0, 0.1) is 0 Å². The van der Waals surface area contributed by atoms with E-state index in [1.807, 2.05) is 0 Å². The molecule has 1 aliphatic heterocycles. The summed E-state index contributed by atoms with van der Waals surface area (Å²) in [6, 6.07) is 2.60. The van der Waals surface area contributed by atoms with E-state index in [9.17, 15) is 25.2 Å². The number of aliphatic hydroxyl groups excluding tert-OH is 4. The van der Waals surface area contributed by atoms with Crippen molar-refractivity contribution in [3.8, 4) is 17.2 Å². The van der Waals surface area contributed by atoms with Gasteiger partial charge in [0.2, 0.25) is 12.0 Å². The van der Waals surface area contributed by atoms with Crippen LogP contribution in [0.5, 0.6) is 17.2 Å². The van der Waals surface area contributed by atoms with Crippen molar-refractivity contribution >= 4 is 11.0 Å². The summed E-state index contributed by atoms with van der Waals surface area (Å²) in [4.78, 5) is 12.2. The number of aliphatic hydroxyl groups is 4. The van der Waals surface area contributed by atoms with Gasteiger partial charge in [0.1, 0.15) is 35.4 Å². The lowest BCUT2D eigenvalue weighted by molar-refractivity contribution is -0.277. The van der Waals surface area contributed by atoms with Crippen molar-refractivity contribution in [2.24, 2.45) is 0 Å². The number of rotatable bonds is 5. The minimum Gasteiger partial charge on any atom is -0.493 e. The van der Waals surface area contributed by atoms with Crippen molar-refractivity contribution in [1.82, 2.24) is 0 Å². The Morgan fingerprint density at radius 2 is 1.81 bits per heavy atom. The third-order valence-electron chi connectivity index (χ3n) is 4.33. The highest BCUT2D eigenvalue weighted by atomic mass is 16.7. The Kier molecular flexibility index (Phi) is 5.53. The van der Waals surface area contributed by atoms with E-state index in [0.29, 0.717) is 0 Å². The number of ether oxygens (including phenoxy) is 4. The molecule has 0 saturated carbocycles. The van der Waals surface area contributed by atoms with Crippen molar-refractivity contribution < 1.29 is 43.8 Å². The summed E-state index contributed by atoms with van der Waals surface area (Å²) >= 11 is 0. The van der Waals surface area contributed by atoms with Crippen LogP contribution in [0.15, 0.2) is 27.6 Å². The lowest BCUT2D eigenvalue weighted by Crippen LogP contribution is -2.60. The summed E-state index contributed by atoms with van der Waals surface area (Å²) in [5, 5.41) is 39.3. The van der Waals surface area contributed by atoms with Crippen LogP contribution in [-0.4, -0.2) is 72.0 Å².